The zero-order chi connectivity index (χ0) is 12.3. The Labute approximate surface area is 107 Å². The molecule has 1 aliphatic heterocycles. The molecule has 0 spiro atoms. The first-order valence-electron chi connectivity index (χ1n) is 6.14. The van der Waals surface area contributed by atoms with Crippen molar-refractivity contribution in [3.8, 4) is 0 Å². The molecule has 1 aliphatic rings. The molecule has 0 aliphatic carbocycles. The third kappa shape index (κ3) is 2.90. The molecule has 2 nitrogen and oxygen atoms in total. The Morgan fingerprint density at radius 1 is 1.41 bits per heavy atom. The summed E-state index contributed by atoms with van der Waals surface area (Å²) in [6.07, 6.45) is 2.08. The number of anilines is 1. The SMILES string of the molecule is CCNC1CCN(c2c(F)cccc2Cl)CC1. The van der Waals surface area contributed by atoms with Crippen molar-refractivity contribution in [2.75, 3.05) is 24.5 Å². The smallest absolute Gasteiger partial charge is 0.148 e. The van der Waals surface area contributed by atoms with Crippen molar-refractivity contribution in [2.24, 2.45) is 0 Å². The Kier molecular flexibility index (Phi) is 4.24. The van der Waals surface area contributed by atoms with Crippen molar-refractivity contribution >= 4 is 17.3 Å². The number of hydrogen-bond acceptors (Lipinski definition) is 2. The summed E-state index contributed by atoms with van der Waals surface area (Å²) in [6.45, 7) is 4.82. The highest BCUT2D eigenvalue weighted by Crippen LogP contribution is 2.30. The number of nitrogens with zero attached hydrogens (tertiary/aromatic N) is 1. The van der Waals surface area contributed by atoms with E-state index in [-0.39, 0.29) is 5.82 Å². The number of para-hydroxylation sites is 1. The minimum Gasteiger partial charge on any atom is -0.368 e. The minimum atomic E-state index is -0.223. The first-order chi connectivity index (χ1) is 8.22. The van der Waals surface area contributed by atoms with E-state index in [0.717, 1.165) is 32.5 Å². The van der Waals surface area contributed by atoms with Crippen LogP contribution in [0.2, 0.25) is 5.02 Å². The largest absolute Gasteiger partial charge is 0.368 e. The van der Waals surface area contributed by atoms with Gasteiger partial charge in [0.05, 0.1) is 10.7 Å². The lowest BCUT2D eigenvalue weighted by Crippen LogP contribution is -2.42. The maximum absolute atomic E-state index is 13.7. The summed E-state index contributed by atoms with van der Waals surface area (Å²) in [5.74, 6) is -0.223. The third-order valence-corrected chi connectivity index (χ3v) is 3.55. The summed E-state index contributed by atoms with van der Waals surface area (Å²) < 4.78 is 13.7. The van der Waals surface area contributed by atoms with E-state index in [1.165, 1.54) is 6.07 Å². The molecule has 2 rings (SSSR count). The van der Waals surface area contributed by atoms with Gasteiger partial charge >= 0.3 is 0 Å². The molecule has 94 valence electrons. The van der Waals surface area contributed by atoms with Crippen LogP contribution in [0.5, 0.6) is 0 Å². The van der Waals surface area contributed by atoms with Gasteiger partial charge in [0.15, 0.2) is 0 Å². The lowest BCUT2D eigenvalue weighted by atomic mass is 10.0. The second-order valence-electron chi connectivity index (χ2n) is 4.39. The van der Waals surface area contributed by atoms with E-state index in [1.54, 1.807) is 12.1 Å². The van der Waals surface area contributed by atoms with Gasteiger partial charge in [-0.2, -0.15) is 0 Å². The highest BCUT2D eigenvalue weighted by molar-refractivity contribution is 6.33. The molecule has 0 aromatic heterocycles. The summed E-state index contributed by atoms with van der Waals surface area (Å²) in [4.78, 5) is 2.05. The molecule has 1 heterocycles. The Morgan fingerprint density at radius 3 is 2.71 bits per heavy atom. The predicted octanol–water partition coefficient (Wildman–Crippen LogP) is 3.06. The van der Waals surface area contributed by atoms with Crippen molar-refractivity contribution in [1.29, 1.82) is 0 Å². The molecule has 4 heteroatoms. The molecule has 1 saturated heterocycles. The molecule has 1 aromatic carbocycles. The number of benzene rings is 1. The van der Waals surface area contributed by atoms with Crippen LogP contribution in [0.15, 0.2) is 18.2 Å². The van der Waals surface area contributed by atoms with Crippen LogP contribution >= 0.6 is 11.6 Å². The van der Waals surface area contributed by atoms with Gasteiger partial charge in [-0.3, -0.25) is 0 Å². The quantitative estimate of drug-likeness (QED) is 0.894. The highest BCUT2D eigenvalue weighted by Gasteiger charge is 2.22. The molecule has 0 radical (unpaired) electrons. The van der Waals surface area contributed by atoms with Gasteiger partial charge in [-0.05, 0) is 31.5 Å². The fourth-order valence-electron chi connectivity index (χ4n) is 2.39. The molecule has 0 bridgehead atoms. The molecule has 0 unspecified atom stereocenters. The summed E-state index contributed by atoms with van der Waals surface area (Å²) in [5, 5.41) is 3.94. The third-order valence-electron chi connectivity index (χ3n) is 3.24. The van der Waals surface area contributed by atoms with Gasteiger partial charge in [0.1, 0.15) is 5.82 Å². The Morgan fingerprint density at radius 2 is 2.12 bits per heavy atom. The first-order valence-corrected chi connectivity index (χ1v) is 6.52. The van der Waals surface area contributed by atoms with Crippen LogP contribution in [0, 0.1) is 5.82 Å². The van der Waals surface area contributed by atoms with Crippen LogP contribution in [0.1, 0.15) is 19.8 Å². The molecule has 0 amide bonds. The van der Waals surface area contributed by atoms with Crippen molar-refractivity contribution in [2.45, 2.75) is 25.8 Å². The average molecular weight is 257 g/mol. The van der Waals surface area contributed by atoms with Gasteiger partial charge in [-0.25, -0.2) is 4.39 Å². The minimum absolute atomic E-state index is 0.223. The van der Waals surface area contributed by atoms with E-state index in [0.29, 0.717) is 16.8 Å². The van der Waals surface area contributed by atoms with E-state index in [2.05, 4.69) is 12.2 Å². The van der Waals surface area contributed by atoms with Gasteiger partial charge in [0.2, 0.25) is 0 Å². The second kappa shape index (κ2) is 5.69. The van der Waals surface area contributed by atoms with E-state index in [9.17, 15) is 4.39 Å². The fourth-order valence-corrected chi connectivity index (χ4v) is 2.67. The van der Waals surface area contributed by atoms with Gasteiger partial charge in [-0.1, -0.05) is 24.6 Å². The molecular formula is C13H18ClFN2. The van der Waals surface area contributed by atoms with Crippen molar-refractivity contribution in [1.82, 2.24) is 5.32 Å². The molecular weight excluding hydrogens is 239 g/mol. The topological polar surface area (TPSA) is 15.3 Å². The molecule has 1 fully saturated rings. The van der Waals surface area contributed by atoms with Crippen molar-refractivity contribution in [3.05, 3.63) is 29.0 Å². The number of halogens is 2. The second-order valence-corrected chi connectivity index (χ2v) is 4.80. The zero-order valence-electron chi connectivity index (χ0n) is 10.0. The normalized spacial score (nSPS) is 17.5. The van der Waals surface area contributed by atoms with Crippen LogP contribution in [0.25, 0.3) is 0 Å². The van der Waals surface area contributed by atoms with Gasteiger partial charge in [-0.15, -0.1) is 0 Å². The maximum atomic E-state index is 13.7. The highest BCUT2D eigenvalue weighted by atomic mass is 35.5. The summed E-state index contributed by atoms with van der Waals surface area (Å²) in [5.41, 5.74) is 0.559. The Bertz CT molecular complexity index is 355. The van der Waals surface area contributed by atoms with Crippen LogP contribution in [0.4, 0.5) is 10.1 Å². The van der Waals surface area contributed by atoms with Crippen LogP contribution in [0.3, 0.4) is 0 Å². The van der Waals surface area contributed by atoms with Crippen molar-refractivity contribution < 1.29 is 4.39 Å². The lowest BCUT2D eigenvalue weighted by Gasteiger charge is -2.34. The number of nitrogens with one attached hydrogen (secondary N) is 1. The van der Waals surface area contributed by atoms with Crippen LogP contribution in [-0.2, 0) is 0 Å². The van der Waals surface area contributed by atoms with E-state index < -0.39 is 0 Å². The molecule has 1 aromatic rings. The van der Waals surface area contributed by atoms with Crippen LogP contribution < -0.4 is 10.2 Å². The van der Waals surface area contributed by atoms with Gasteiger partial charge in [0.25, 0.3) is 0 Å². The van der Waals surface area contributed by atoms with E-state index >= 15 is 0 Å². The zero-order valence-corrected chi connectivity index (χ0v) is 10.8. The molecule has 0 saturated carbocycles. The molecule has 17 heavy (non-hydrogen) atoms. The molecule has 1 N–H and O–H groups in total. The van der Waals surface area contributed by atoms with Gasteiger partial charge in [0, 0.05) is 19.1 Å². The monoisotopic (exact) mass is 256 g/mol. The number of rotatable bonds is 3. The van der Waals surface area contributed by atoms with E-state index in [1.807, 2.05) is 4.90 Å². The fraction of sp³-hybridized carbons (Fsp3) is 0.538. The summed E-state index contributed by atoms with van der Waals surface area (Å²) in [6, 6.07) is 5.42. The average Bonchev–Trinajstić information content (AvgIpc) is 2.31. The predicted molar refractivity (Wildman–Crippen MR) is 70.3 cm³/mol. The van der Waals surface area contributed by atoms with Gasteiger partial charge < -0.3 is 10.2 Å². The van der Waals surface area contributed by atoms with Crippen molar-refractivity contribution in [3.63, 3.8) is 0 Å². The Hall–Kier alpha value is -0.800. The number of hydrogen-bond donors (Lipinski definition) is 1. The lowest BCUT2D eigenvalue weighted by molar-refractivity contribution is 0.421. The summed E-state index contributed by atoms with van der Waals surface area (Å²) >= 11 is 6.06. The van der Waals surface area contributed by atoms with Crippen LogP contribution in [-0.4, -0.2) is 25.7 Å². The summed E-state index contributed by atoms with van der Waals surface area (Å²) in [7, 11) is 0. The number of piperidine rings is 1. The standard InChI is InChI=1S/C13H18ClFN2/c1-2-16-10-6-8-17(9-7-10)13-11(14)4-3-5-12(13)15/h3-5,10,16H,2,6-9H2,1H3. The first kappa shape index (κ1) is 12.7. The maximum Gasteiger partial charge on any atom is 0.148 e. The van der Waals surface area contributed by atoms with E-state index in [4.69, 9.17) is 11.6 Å². The molecule has 0 atom stereocenters. The Balaban J connectivity index is 2.05.